The molecular formula is C23H28N2O3. The number of ether oxygens (including phenoxy) is 1. The van der Waals surface area contributed by atoms with Crippen molar-refractivity contribution in [1.82, 2.24) is 0 Å². The summed E-state index contributed by atoms with van der Waals surface area (Å²) >= 11 is 0. The van der Waals surface area contributed by atoms with Gasteiger partial charge in [-0.2, -0.15) is 0 Å². The summed E-state index contributed by atoms with van der Waals surface area (Å²) in [6, 6.07) is 13.4. The molecule has 0 saturated heterocycles. The van der Waals surface area contributed by atoms with Crippen molar-refractivity contribution in [1.29, 1.82) is 0 Å². The second-order valence-corrected chi connectivity index (χ2v) is 7.81. The van der Waals surface area contributed by atoms with Crippen LogP contribution in [0.3, 0.4) is 0 Å². The Labute approximate surface area is 166 Å². The lowest BCUT2D eigenvalue weighted by atomic mass is 9.92. The minimum absolute atomic E-state index is 0.112. The Kier molecular flexibility index (Phi) is 5.73. The van der Waals surface area contributed by atoms with E-state index >= 15 is 0 Å². The molecule has 5 heteroatoms. The Morgan fingerprint density at radius 3 is 2.18 bits per heavy atom. The molecule has 1 aliphatic heterocycles. The number of rotatable bonds is 4. The van der Waals surface area contributed by atoms with Crippen LogP contribution in [-0.2, 0) is 9.59 Å². The molecule has 0 saturated carbocycles. The Hall–Kier alpha value is -2.82. The fourth-order valence-electron chi connectivity index (χ4n) is 3.57. The molecule has 0 unspecified atom stereocenters. The van der Waals surface area contributed by atoms with Gasteiger partial charge in [0.1, 0.15) is 5.75 Å². The summed E-state index contributed by atoms with van der Waals surface area (Å²) in [5, 5.41) is 3.10. The van der Waals surface area contributed by atoms with Crippen molar-refractivity contribution in [3.05, 3.63) is 53.6 Å². The van der Waals surface area contributed by atoms with Crippen LogP contribution in [0.5, 0.6) is 5.75 Å². The largest absolute Gasteiger partial charge is 0.476 e. The molecule has 0 aromatic heterocycles. The van der Waals surface area contributed by atoms with Gasteiger partial charge in [-0.25, -0.2) is 0 Å². The van der Waals surface area contributed by atoms with Gasteiger partial charge >= 0.3 is 0 Å². The molecule has 5 nitrogen and oxygen atoms in total. The number of hydrogen-bond donors (Lipinski definition) is 1. The Morgan fingerprint density at radius 1 is 1.00 bits per heavy atom. The van der Waals surface area contributed by atoms with E-state index in [2.05, 4.69) is 33.0 Å². The summed E-state index contributed by atoms with van der Waals surface area (Å²) in [7, 11) is 0. The van der Waals surface area contributed by atoms with E-state index in [4.69, 9.17) is 4.74 Å². The maximum Gasteiger partial charge on any atom is 0.267 e. The smallest absolute Gasteiger partial charge is 0.267 e. The van der Waals surface area contributed by atoms with E-state index in [1.54, 1.807) is 11.0 Å². The van der Waals surface area contributed by atoms with E-state index in [0.717, 1.165) is 16.8 Å². The average Bonchev–Trinajstić information content (AvgIpc) is 2.66. The van der Waals surface area contributed by atoms with Gasteiger partial charge in [-0.1, -0.05) is 58.0 Å². The zero-order chi connectivity index (χ0) is 20.4. The third kappa shape index (κ3) is 3.88. The molecule has 0 bridgehead atoms. The van der Waals surface area contributed by atoms with Crippen LogP contribution in [0.4, 0.5) is 11.4 Å². The van der Waals surface area contributed by atoms with E-state index in [0.29, 0.717) is 11.4 Å². The van der Waals surface area contributed by atoms with E-state index in [1.807, 2.05) is 36.4 Å². The van der Waals surface area contributed by atoms with Gasteiger partial charge in [0.25, 0.3) is 5.91 Å². The van der Waals surface area contributed by atoms with Gasteiger partial charge in [0, 0.05) is 12.6 Å². The van der Waals surface area contributed by atoms with E-state index in [9.17, 15) is 9.59 Å². The molecular weight excluding hydrogens is 352 g/mol. The highest BCUT2D eigenvalue weighted by molar-refractivity contribution is 6.00. The second-order valence-electron chi connectivity index (χ2n) is 7.81. The highest BCUT2D eigenvalue weighted by atomic mass is 16.5. The first-order valence-corrected chi connectivity index (χ1v) is 9.77. The number of anilines is 2. The first-order valence-electron chi connectivity index (χ1n) is 9.77. The van der Waals surface area contributed by atoms with Crippen LogP contribution >= 0.6 is 0 Å². The molecule has 1 heterocycles. The lowest BCUT2D eigenvalue weighted by Crippen LogP contribution is -2.48. The van der Waals surface area contributed by atoms with E-state index in [-0.39, 0.29) is 30.2 Å². The predicted octanol–water partition coefficient (Wildman–Crippen LogP) is 4.69. The van der Waals surface area contributed by atoms with Crippen LogP contribution in [0.2, 0.25) is 0 Å². The highest BCUT2D eigenvalue weighted by Gasteiger charge is 2.33. The van der Waals surface area contributed by atoms with Crippen molar-refractivity contribution in [3.8, 4) is 5.75 Å². The summed E-state index contributed by atoms with van der Waals surface area (Å²) < 4.78 is 5.94. The monoisotopic (exact) mass is 380 g/mol. The lowest BCUT2D eigenvalue weighted by Gasteiger charge is -2.34. The SMILES string of the molecule is CC(=O)N1C[C@H](C(=O)Nc2c(C(C)C)cccc2C(C)C)Oc2ccccc21. The molecule has 3 rings (SSSR count). The van der Waals surface area contributed by atoms with E-state index < -0.39 is 6.10 Å². The number of benzene rings is 2. The van der Waals surface area contributed by atoms with Crippen molar-refractivity contribution >= 4 is 23.2 Å². The van der Waals surface area contributed by atoms with Crippen molar-refractivity contribution in [2.75, 3.05) is 16.8 Å². The first-order chi connectivity index (χ1) is 13.3. The second kappa shape index (κ2) is 8.05. The normalized spacial score (nSPS) is 16.0. The van der Waals surface area contributed by atoms with Crippen molar-refractivity contribution in [2.45, 2.75) is 52.6 Å². The maximum atomic E-state index is 13.1. The number of fused-ring (bicyclic) bond motifs is 1. The van der Waals surface area contributed by atoms with Gasteiger partial charge < -0.3 is 15.0 Å². The molecule has 2 amide bonds. The number of amides is 2. The minimum atomic E-state index is -0.765. The summed E-state index contributed by atoms with van der Waals surface area (Å²) in [5.74, 6) is 0.742. The molecule has 1 aliphatic rings. The fraction of sp³-hybridized carbons (Fsp3) is 0.391. The first kappa shape index (κ1) is 19.9. The zero-order valence-electron chi connectivity index (χ0n) is 17.2. The minimum Gasteiger partial charge on any atom is -0.476 e. The third-order valence-electron chi connectivity index (χ3n) is 5.07. The molecule has 2 aromatic carbocycles. The molecule has 0 spiro atoms. The average molecular weight is 380 g/mol. The van der Waals surface area contributed by atoms with Crippen LogP contribution in [0.1, 0.15) is 57.6 Å². The van der Waals surface area contributed by atoms with Gasteiger partial charge in [-0.05, 0) is 35.1 Å². The number of para-hydroxylation sites is 3. The molecule has 1 atom stereocenters. The number of carbonyl (C=O) groups is 2. The number of nitrogens with one attached hydrogen (secondary N) is 1. The summed E-state index contributed by atoms with van der Waals surface area (Å²) in [6.45, 7) is 10.1. The molecule has 148 valence electrons. The highest BCUT2D eigenvalue weighted by Crippen LogP contribution is 2.35. The summed E-state index contributed by atoms with van der Waals surface area (Å²) in [6.07, 6.45) is -0.765. The third-order valence-corrected chi connectivity index (χ3v) is 5.07. The van der Waals surface area contributed by atoms with Gasteiger partial charge in [0.05, 0.1) is 12.2 Å². The summed E-state index contributed by atoms with van der Waals surface area (Å²) in [5.41, 5.74) is 3.75. The topological polar surface area (TPSA) is 58.6 Å². The molecule has 0 radical (unpaired) electrons. The Bertz CT molecular complexity index is 863. The van der Waals surface area contributed by atoms with Crippen LogP contribution < -0.4 is 15.0 Å². The molecule has 28 heavy (non-hydrogen) atoms. The Morgan fingerprint density at radius 2 is 1.61 bits per heavy atom. The molecule has 0 aliphatic carbocycles. The van der Waals surface area contributed by atoms with Gasteiger partial charge in [-0.15, -0.1) is 0 Å². The van der Waals surface area contributed by atoms with Gasteiger partial charge in [0.15, 0.2) is 6.10 Å². The molecule has 0 fully saturated rings. The molecule has 2 aromatic rings. The summed E-state index contributed by atoms with van der Waals surface area (Å²) in [4.78, 5) is 26.8. The van der Waals surface area contributed by atoms with E-state index in [1.165, 1.54) is 6.92 Å². The lowest BCUT2D eigenvalue weighted by molar-refractivity contribution is -0.123. The fourth-order valence-corrected chi connectivity index (χ4v) is 3.57. The predicted molar refractivity (Wildman–Crippen MR) is 112 cm³/mol. The van der Waals surface area contributed by atoms with Crippen molar-refractivity contribution in [2.24, 2.45) is 0 Å². The zero-order valence-corrected chi connectivity index (χ0v) is 17.2. The quantitative estimate of drug-likeness (QED) is 0.837. The van der Waals surface area contributed by atoms with Crippen molar-refractivity contribution in [3.63, 3.8) is 0 Å². The number of hydrogen-bond acceptors (Lipinski definition) is 3. The van der Waals surface area contributed by atoms with Crippen LogP contribution in [0.15, 0.2) is 42.5 Å². The number of carbonyl (C=O) groups excluding carboxylic acids is 2. The van der Waals surface area contributed by atoms with Crippen LogP contribution in [0.25, 0.3) is 0 Å². The Balaban J connectivity index is 1.91. The van der Waals surface area contributed by atoms with Gasteiger partial charge in [0.2, 0.25) is 5.91 Å². The maximum absolute atomic E-state index is 13.1. The molecule has 1 N–H and O–H groups in total. The van der Waals surface area contributed by atoms with Crippen molar-refractivity contribution < 1.29 is 14.3 Å². The van der Waals surface area contributed by atoms with Crippen LogP contribution in [-0.4, -0.2) is 24.5 Å². The standard InChI is InChI=1S/C23H28N2O3/c1-14(2)17-9-8-10-18(15(3)4)22(17)24-23(27)21-13-25(16(5)26)19-11-6-7-12-20(19)28-21/h6-12,14-15,21H,13H2,1-5H3,(H,24,27)/t21-/m1/s1. The number of nitrogens with zero attached hydrogens (tertiary/aromatic N) is 1. The van der Waals surface area contributed by atoms with Crippen LogP contribution in [0, 0.1) is 0 Å². The van der Waals surface area contributed by atoms with Gasteiger partial charge in [-0.3, -0.25) is 9.59 Å².